The second-order valence-corrected chi connectivity index (χ2v) is 5.94. The Labute approximate surface area is 126 Å². The molecule has 0 aliphatic heterocycles. The number of benzene rings is 1. The number of unbranched alkanes of at least 4 members (excludes halogenated alkanes) is 1. The highest BCUT2D eigenvalue weighted by Gasteiger charge is 2.15. The van der Waals surface area contributed by atoms with Crippen LogP contribution in [0, 0.1) is 11.6 Å². The van der Waals surface area contributed by atoms with Crippen molar-refractivity contribution in [2.75, 3.05) is 17.9 Å². The minimum atomic E-state index is -0.612. The molecule has 0 fully saturated rings. The highest BCUT2D eigenvalue weighted by molar-refractivity contribution is 7.98. The summed E-state index contributed by atoms with van der Waals surface area (Å²) in [6.07, 6.45) is 4.65. The van der Waals surface area contributed by atoms with Crippen LogP contribution >= 0.6 is 23.4 Å². The van der Waals surface area contributed by atoms with Gasteiger partial charge in [0.1, 0.15) is 17.2 Å². The smallest absolute Gasteiger partial charge is 0.153 e. The van der Waals surface area contributed by atoms with Crippen LogP contribution in [0.4, 0.5) is 8.78 Å². The number of thioether (sulfide) groups is 1. The number of hydrogen-bond acceptors (Lipinski definition) is 2. The summed E-state index contributed by atoms with van der Waals surface area (Å²) >= 11 is 7.56. The van der Waals surface area contributed by atoms with Gasteiger partial charge in [-0.2, -0.15) is 11.8 Å². The summed E-state index contributed by atoms with van der Waals surface area (Å²) in [5.41, 5.74) is 0.753. The van der Waals surface area contributed by atoms with Gasteiger partial charge >= 0.3 is 0 Å². The molecule has 0 spiro atoms. The third-order valence-electron chi connectivity index (χ3n) is 3.15. The molecule has 0 aliphatic rings. The van der Waals surface area contributed by atoms with Crippen molar-refractivity contribution in [3.63, 3.8) is 0 Å². The van der Waals surface area contributed by atoms with E-state index in [4.69, 9.17) is 11.6 Å². The molecule has 6 heteroatoms. The summed E-state index contributed by atoms with van der Waals surface area (Å²) in [4.78, 5) is 4.27. The van der Waals surface area contributed by atoms with Crippen LogP contribution < -0.4 is 0 Å². The lowest BCUT2D eigenvalue weighted by Gasteiger charge is -2.08. The largest absolute Gasteiger partial charge is 0.328 e. The van der Waals surface area contributed by atoms with Gasteiger partial charge in [-0.15, -0.1) is 11.6 Å². The minimum Gasteiger partial charge on any atom is -0.328 e. The van der Waals surface area contributed by atoms with Crippen molar-refractivity contribution in [3.05, 3.63) is 29.6 Å². The average molecular weight is 319 g/mol. The van der Waals surface area contributed by atoms with Gasteiger partial charge in [0.2, 0.25) is 0 Å². The quantitative estimate of drug-likeness (QED) is 0.561. The first-order valence-electron chi connectivity index (χ1n) is 6.56. The number of aromatic nitrogens is 2. The highest BCUT2D eigenvalue weighted by Crippen LogP contribution is 2.22. The molecule has 2 nitrogen and oxygen atoms in total. The van der Waals surface area contributed by atoms with Crippen molar-refractivity contribution in [1.82, 2.24) is 9.55 Å². The van der Waals surface area contributed by atoms with Crippen LogP contribution in [0.25, 0.3) is 11.0 Å². The van der Waals surface area contributed by atoms with Crippen LogP contribution in [0.3, 0.4) is 0 Å². The topological polar surface area (TPSA) is 17.8 Å². The molecule has 0 aliphatic carbocycles. The van der Waals surface area contributed by atoms with Gasteiger partial charge in [0.25, 0.3) is 0 Å². The van der Waals surface area contributed by atoms with Gasteiger partial charge < -0.3 is 4.57 Å². The molecule has 0 unspecified atom stereocenters. The predicted octanol–water partition coefficient (Wildman–Crippen LogP) is 4.24. The summed E-state index contributed by atoms with van der Waals surface area (Å²) in [6, 6.07) is 2.22. The van der Waals surface area contributed by atoms with Gasteiger partial charge in [-0.25, -0.2) is 13.8 Å². The van der Waals surface area contributed by atoms with Gasteiger partial charge in [-0.1, -0.05) is 0 Å². The van der Waals surface area contributed by atoms with E-state index < -0.39 is 11.6 Å². The molecule has 1 aromatic heterocycles. The standard InChI is InChI=1S/C14H17ClF2N2S/c1-20-7-3-2-6-19-12-9-10(16)8-11(17)14(12)18-13(19)4-5-15/h8-9H,2-7H2,1H3. The van der Waals surface area contributed by atoms with E-state index in [1.54, 1.807) is 11.8 Å². The molecule has 0 radical (unpaired) electrons. The van der Waals surface area contributed by atoms with Crippen LogP contribution in [0.2, 0.25) is 0 Å². The average Bonchev–Trinajstić information content (AvgIpc) is 2.74. The van der Waals surface area contributed by atoms with Crippen molar-refractivity contribution in [2.24, 2.45) is 0 Å². The van der Waals surface area contributed by atoms with Crippen molar-refractivity contribution in [1.29, 1.82) is 0 Å². The zero-order valence-corrected chi connectivity index (χ0v) is 12.9. The lowest BCUT2D eigenvalue weighted by Crippen LogP contribution is -2.05. The Kier molecular flexibility index (Phi) is 5.66. The van der Waals surface area contributed by atoms with E-state index in [0.717, 1.165) is 30.5 Å². The number of fused-ring (bicyclic) bond motifs is 1. The molecule has 0 saturated heterocycles. The first kappa shape index (κ1) is 15.6. The van der Waals surface area contributed by atoms with Gasteiger partial charge in [0, 0.05) is 24.9 Å². The molecule has 2 aromatic rings. The van der Waals surface area contributed by atoms with Crippen molar-refractivity contribution >= 4 is 34.4 Å². The summed E-state index contributed by atoms with van der Waals surface area (Å²) < 4.78 is 29.1. The fraction of sp³-hybridized carbons (Fsp3) is 0.500. The Bertz CT molecular complexity index is 586. The number of rotatable bonds is 7. The van der Waals surface area contributed by atoms with Gasteiger partial charge in [0.15, 0.2) is 5.82 Å². The Morgan fingerprint density at radius 1 is 1.30 bits per heavy atom. The number of nitrogens with zero attached hydrogens (tertiary/aromatic N) is 2. The zero-order valence-electron chi connectivity index (χ0n) is 11.3. The summed E-state index contributed by atoms with van der Waals surface area (Å²) in [5, 5.41) is 0. The fourth-order valence-electron chi connectivity index (χ4n) is 2.24. The first-order valence-corrected chi connectivity index (χ1v) is 8.49. The van der Waals surface area contributed by atoms with Crippen molar-refractivity contribution < 1.29 is 8.78 Å². The van der Waals surface area contributed by atoms with Crippen molar-refractivity contribution in [2.45, 2.75) is 25.8 Å². The molecule has 110 valence electrons. The molecular weight excluding hydrogens is 302 g/mol. The molecule has 0 saturated carbocycles. The second kappa shape index (κ2) is 7.27. The van der Waals surface area contributed by atoms with Crippen LogP contribution in [0.5, 0.6) is 0 Å². The van der Waals surface area contributed by atoms with E-state index in [0.29, 0.717) is 24.4 Å². The number of aryl methyl sites for hydroxylation is 2. The van der Waals surface area contributed by atoms with E-state index in [2.05, 4.69) is 11.2 Å². The second-order valence-electron chi connectivity index (χ2n) is 4.57. The van der Waals surface area contributed by atoms with Gasteiger partial charge in [0.05, 0.1) is 5.52 Å². The first-order chi connectivity index (χ1) is 9.67. The lowest BCUT2D eigenvalue weighted by molar-refractivity contribution is 0.588. The third-order valence-corrected chi connectivity index (χ3v) is 4.04. The maximum atomic E-state index is 13.8. The van der Waals surface area contributed by atoms with Crippen LogP contribution in [0.15, 0.2) is 12.1 Å². The number of alkyl halides is 1. The lowest BCUT2D eigenvalue weighted by atomic mass is 10.2. The SMILES string of the molecule is CSCCCCn1c(CCCl)nc2c(F)cc(F)cc21. The molecular formula is C14H17ClF2N2S. The number of halogens is 3. The predicted molar refractivity (Wildman–Crippen MR) is 81.7 cm³/mol. The van der Waals surface area contributed by atoms with Crippen molar-refractivity contribution in [3.8, 4) is 0 Å². The van der Waals surface area contributed by atoms with Crippen LogP contribution in [0.1, 0.15) is 18.7 Å². The van der Waals surface area contributed by atoms with E-state index >= 15 is 0 Å². The molecule has 1 heterocycles. The van der Waals surface area contributed by atoms with Crippen LogP contribution in [-0.4, -0.2) is 27.4 Å². The summed E-state index contributed by atoms with van der Waals surface area (Å²) in [6.45, 7) is 0.714. The normalized spacial score (nSPS) is 11.4. The highest BCUT2D eigenvalue weighted by atomic mass is 35.5. The number of hydrogen-bond donors (Lipinski definition) is 0. The molecule has 0 amide bonds. The monoisotopic (exact) mass is 318 g/mol. The summed E-state index contributed by atoms with van der Waals surface area (Å²) in [7, 11) is 0. The molecule has 1 aromatic carbocycles. The Balaban J connectivity index is 2.34. The van der Waals surface area contributed by atoms with E-state index in [9.17, 15) is 8.78 Å². The molecule has 0 atom stereocenters. The third kappa shape index (κ3) is 3.44. The zero-order chi connectivity index (χ0) is 14.5. The van der Waals surface area contributed by atoms with E-state index in [1.807, 2.05) is 4.57 Å². The van der Waals surface area contributed by atoms with Gasteiger partial charge in [-0.05, 0) is 30.9 Å². The van der Waals surface area contributed by atoms with E-state index in [-0.39, 0.29) is 5.52 Å². The Morgan fingerprint density at radius 3 is 2.80 bits per heavy atom. The van der Waals surface area contributed by atoms with Gasteiger partial charge in [-0.3, -0.25) is 0 Å². The fourth-order valence-corrected chi connectivity index (χ4v) is 2.90. The maximum Gasteiger partial charge on any atom is 0.153 e. The summed E-state index contributed by atoms with van der Waals surface area (Å²) in [5.74, 6) is 1.04. The van der Waals surface area contributed by atoms with Crippen LogP contribution in [-0.2, 0) is 13.0 Å². The molecule has 2 rings (SSSR count). The minimum absolute atomic E-state index is 0.233. The Morgan fingerprint density at radius 2 is 2.10 bits per heavy atom. The maximum absolute atomic E-state index is 13.8. The molecule has 0 N–H and O–H groups in total. The van der Waals surface area contributed by atoms with E-state index in [1.165, 1.54) is 6.07 Å². The Hall–Kier alpha value is -0.810. The molecule has 20 heavy (non-hydrogen) atoms. The number of imidazole rings is 1. The molecule has 0 bridgehead atoms.